The van der Waals surface area contributed by atoms with Crippen molar-refractivity contribution in [2.75, 3.05) is 19.5 Å². The molecular weight excluding hydrogens is 544 g/mol. The standard InChI is InChI=1S/C35H36N2O6/c1-40-29-20-18-28(19-21-29)36-30(32(35(39)41-2)42-23-26-14-8-4-9-15-26)31-33(43-24-27-16-10-5-11-17-27)34(38)37(31)22-25-12-6-3-7-13-25/h3-21,30-33,36H,22-24H2,1-2H3/t30-,31-,32+,33+/m0/s1. The maximum absolute atomic E-state index is 13.7. The van der Waals surface area contributed by atoms with Crippen molar-refractivity contribution in [3.63, 3.8) is 0 Å². The molecule has 43 heavy (non-hydrogen) atoms. The topological polar surface area (TPSA) is 86.3 Å². The first-order valence-electron chi connectivity index (χ1n) is 14.2. The van der Waals surface area contributed by atoms with Crippen molar-refractivity contribution in [1.29, 1.82) is 0 Å². The van der Waals surface area contributed by atoms with Crippen LogP contribution in [0.5, 0.6) is 5.75 Å². The van der Waals surface area contributed by atoms with E-state index in [0.717, 1.165) is 22.4 Å². The van der Waals surface area contributed by atoms with E-state index in [0.29, 0.717) is 12.3 Å². The quantitative estimate of drug-likeness (QED) is 0.161. The van der Waals surface area contributed by atoms with Gasteiger partial charge in [-0.2, -0.15) is 0 Å². The molecule has 1 N–H and O–H groups in total. The predicted octanol–water partition coefficient (Wildman–Crippen LogP) is 5.23. The van der Waals surface area contributed by atoms with Crippen LogP contribution < -0.4 is 10.1 Å². The van der Waals surface area contributed by atoms with E-state index >= 15 is 0 Å². The van der Waals surface area contributed by atoms with Crippen LogP contribution in [0.1, 0.15) is 16.7 Å². The molecule has 1 aliphatic heterocycles. The van der Waals surface area contributed by atoms with E-state index in [1.165, 1.54) is 7.11 Å². The molecule has 5 rings (SSSR count). The average Bonchev–Trinajstić information content (AvgIpc) is 3.06. The first kappa shape index (κ1) is 29.8. The van der Waals surface area contributed by atoms with Gasteiger partial charge in [-0.3, -0.25) is 4.79 Å². The van der Waals surface area contributed by atoms with E-state index in [4.69, 9.17) is 18.9 Å². The molecule has 222 valence electrons. The van der Waals surface area contributed by atoms with Crippen LogP contribution in [0.2, 0.25) is 0 Å². The lowest BCUT2D eigenvalue weighted by atomic mass is 9.86. The van der Waals surface area contributed by atoms with Crippen molar-refractivity contribution in [3.8, 4) is 5.75 Å². The number of methoxy groups -OCH3 is 2. The van der Waals surface area contributed by atoms with Crippen molar-refractivity contribution in [2.45, 2.75) is 44.1 Å². The summed E-state index contributed by atoms with van der Waals surface area (Å²) in [5.74, 6) is -0.0127. The molecule has 1 fully saturated rings. The summed E-state index contributed by atoms with van der Waals surface area (Å²) >= 11 is 0. The number of hydrogen-bond donors (Lipinski definition) is 1. The number of rotatable bonds is 14. The van der Waals surface area contributed by atoms with Crippen LogP contribution in [0.3, 0.4) is 0 Å². The van der Waals surface area contributed by atoms with Crippen LogP contribution in [-0.2, 0) is 43.6 Å². The largest absolute Gasteiger partial charge is 0.497 e. The van der Waals surface area contributed by atoms with Gasteiger partial charge in [0, 0.05) is 12.2 Å². The fourth-order valence-corrected chi connectivity index (χ4v) is 5.23. The fraction of sp³-hybridized carbons (Fsp3) is 0.257. The third-order valence-electron chi connectivity index (χ3n) is 7.49. The summed E-state index contributed by atoms with van der Waals surface area (Å²) in [7, 11) is 2.94. The molecule has 0 bridgehead atoms. The maximum atomic E-state index is 13.7. The molecule has 4 atom stereocenters. The molecule has 1 aliphatic rings. The van der Waals surface area contributed by atoms with Crippen molar-refractivity contribution in [2.24, 2.45) is 0 Å². The third kappa shape index (κ3) is 7.41. The zero-order chi connectivity index (χ0) is 30.0. The second kappa shape index (κ2) is 14.5. The Bertz CT molecular complexity index is 1450. The maximum Gasteiger partial charge on any atom is 0.337 e. The lowest BCUT2D eigenvalue weighted by Crippen LogP contribution is -2.73. The number of ether oxygens (including phenoxy) is 4. The average molecular weight is 581 g/mol. The number of carbonyl (C=O) groups is 2. The molecule has 8 nitrogen and oxygen atoms in total. The first-order chi connectivity index (χ1) is 21.1. The van der Waals surface area contributed by atoms with Gasteiger partial charge in [-0.05, 0) is 41.0 Å². The molecule has 1 heterocycles. The van der Waals surface area contributed by atoms with E-state index in [-0.39, 0.29) is 19.1 Å². The van der Waals surface area contributed by atoms with E-state index in [9.17, 15) is 9.59 Å². The van der Waals surface area contributed by atoms with Crippen molar-refractivity contribution < 1.29 is 28.5 Å². The van der Waals surface area contributed by atoms with Gasteiger partial charge < -0.3 is 29.2 Å². The molecule has 0 aliphatic carbocycles. The monoisotopic (exact) mass is 580 g/mol. The summed E-state index contributed by atoms with van der Waals surface area (Å²) in [4.78, 5) is 28.8. The smallest absolute Gasteiger partial charge is 0.337 e. The normalized spacial score (nSPS) is 17.4. The van der Waals surface area contributed by atoms with Crippen LogP contribution >= 0.6 is 0 Å². The van der Waals surface area contributed by atoms with Gasteiger partial charge in [-0.25, -0.2) is 4.79 Å². The predicted molar refractivity (Wildman–Crippen MR) is 163 cm³/mol. The number of β-lactam (4-membered cyclic amide) rings is 1. The van der Waals surface area contributed by atoms with Gasteiger partial charge in [0.1, 0.15) is 5.75 Å². The Hall–Kier alpha value is -4.66. The zero-order valence-electron chi connectivity index (χ0n) is 24.3. The van der Waals surface area contributed by atoms with Crippen LogP contribution in [0, 0.1) is 0 Å². The number of likely N-dealkylation sites (tertiary alicyclic amines) is 1. The van der Waals surface area contributed by atoms with Crippen molar-refractivity contribution >= 4 is 17.6 Å². The zero-order valence-corrected chi connectivity index (χ0v) is 24.3. The Balaban J connectivity index is 1.50. The number of anilines is 1. The van der Waals surface area contributed by atoms with Gasteiger partial charge in [-0.15, -0.1) is 0 Å². The summed E-state index contributed by atoms with van der Waals surface area (Å²) < 4.78 is 23.2. The van der Waals surface area contributed by atoms with Gasteiger partial charge in [0.15, 0.2) is 12.2 Å². The summed E-state index contributed by atoms with van der Waals surface area (Å²) in [6.45, 7) is 0.773. The van der Waals surface area contributed by atoms with Gasteiger partial charge in [0.05, 0.1) is 39.5 Å². The summed E-state index contributed by atoms with van der Waals surface area (Å²) in [6, 6.07) is 35.2. The minimum Gasteiger partial charge on any atom is -0.497 e. The van der Waals surface area contributed by atoms with Crippen molar-refractivity contribution in [3.05, 3.63) is 132 Å². The Morgan fingerprint density at radius 1 is 0.767 bits per heavy atom. The minimum atomic E-state index is -1.06. The van der Waals surface area contributed by atoms with E-state index < -0.39 is 30.3 Å². The molecule has 4 aromatic rings. The van der Waals surface area contributed by atoms with Gasteiger partial charge in [-0.1, -0.05) is 91.0 Å². The molecule has 0 saturated carbocycles. The molecule has 4 aromatic carbocycles. The number of carbonyl (C=O) groups excluding carboxylic acids is 2. The minimum absolute atomic E-state index is 0.155. The number of benzene rings is 4. The number of esters is 1. The first-order valence-corrected chi connectivity index (χ1v) is 14.2. The lowest BCUT2D eigenvalue weighted by molar-refractivity contribution is -0.186. The van der Waals surface area contributed by atoms with Crippen LogP contribution in [0.4, 0.5) is 5.69 Å². The molecule has 0 unspecified atom stereocenters. The SMILES string of the molecule is COC(=O)[C@H](OCc1ccccc1)[C@@H](Nc1ccc(OC)cc1)[C@H]1[C@@H](OCc2ccccc2)C(=O)N1Cc1ccccc1. The lowest BCUT2D eigenvalue weighted by Gasteiger charge is -2.51. The van der Waals surface area contributed by atoms with Gasteiger partial charge in [0.25, 0.3) is 5.91 Å². The third-order valence-corrected chi connectivity index (χ3v) is 7.49. The molecule has 0 radical (unpaired) electrons. The molecule has 0 aromatic heterocycles. The molecule has 0 spiro atoms. The second-order valence-corrected chi connectivity index (χ2v) is 10.3. The summed E-state index contributed by atoms with van der Waals surface area (Å²) in [5.41, 5.74) is 3.54. The van der Waals surface area contributed by atoms with Crippen molar-refractivity contribution in [1.82, 2.24) is 4.90 Å². The molecular formula is C35H36N2O6. The van der Waals surface area contributed by atoms with Crippen LogP contribution in [-0.4, -0.2) is 55.3 Å². The number of nitrogens with zero attached hydrogens (tertiary/aromatic N) is 1. The van der Waals surface area contributed by atoms with E-state index in [1.54, 1.807) is 12.0 Å². The highest BCUT2D eigenvalue weighted by atomic mass is 16.6. The van der Waals surface area contributed by atoms with Gasteiger partial charge >= 0.3 is 5.97 Å². The molecule has 8 heteroatoms. The van der Waals surface area contributed by atoms with Crippen LogP contribution in [0.25, 0.3) is 0 Å². The highest BCUT2D eigenvalue weighted by molar-refractivity contribution is 5.90. The number of hydrogen-bond acceptors (Lipinski definition) is 7. The Morgan fingerprint density at radius 2 is 1.33 bits per heavy atom. The Morgan fingerprint density at radius 3 is 1.88 bits per heavy atom. The Labute approximate surface area is 252 Å². The van der Waals surface area contributed by atoms with Crippen LogP contribution in [0.15, 0.2) is 115 Å². The Kier molecular flexibility index (Phi) is 10.0. The summed E-state index contributed by atoms with van der Waals surface area (Å²) in [6.07, 6.45) is -1.88. The number of amides is 1. The second-order valence-electron chi connectivity index (χ2n) is 10.3. The highest BCUT2D eigenvalue weighted by Crippen LogP contribution is 2.33. The molecule has 1 amide bonds. The van der Waals surface area contributed by atoms with E-state index in [2.05, 4.69) is 5.32 Å². The van der Waals surface area contributed by atoms with E-state index in [1.807, 2.05) is 115 Å². The number of nitrogens with one attached hydrogen (secondary N) is 1. The van der Waals surface area contributed by atoms with Gasteiger partial charge in [0.2, 0.25) is 0 Å². The molecule has 1 saturated heterocycles. The summed E-state index contributed by atoms with van der Waals surface area (Å²) in [5, 5.41) is 3.49. The fourth-order valence-electron chi connectivity index (χ4n) is 5.23. The highest BCUT2D eigenvalue weighted by Gasteiger charge is 2.55.